The van der Waals surface area contributed by atoms with Crippen LogP contribution in [0.25, 0.3) is 10.9 Å². The Bertz CT molecular complexity index is 1200. The molecule has 4 rings (SSSR count). The summed E-state index contributed by atoms with van der Waals surface area (Å²) in [5.74, 6) is -0.836. The molecule has 6 nitrogen and oxygen atoms in total. The molecule has 0 bridgehead atoms. The maximum absolute atomic E-state index is 13.4. The number of aromatic nitrogens is 1. The van der Waals surface area contributed by atoms with E-state index in [1.54, 1.807) is 6.92 Å². The minimum absolute atomic E-state index is 0.355. The smallest absolute Gasteiger partial charge is 0.339 e. The van der Waals surface area contributed by atoms with Gasteiger partial charge in [-0.3, -0.25) is 14.7 Å². The number of amides is 1. The molecule has 1 N–H and O–H groups in total. The van der Waals surface area contributed by atoms with Crippen molar-refractivity contribution in [3.63, 3.8) is 0 Å². The highest BCUT2D eigenvalue weighted by Crippen LogP contribution is 2.29. The third-order valence-corrected chi connectivity index (χ3v) is 6.30. The molecule has 0 fully saturated rings. The number of benzene rings is 2. The topological polar surface area (TPSA) is 71.5 Å². The van der Waals surface area contributed by atoms with Gasteiger partial charge >= 0.3 is 5.97 Å². The normalized spacial score (nSPS) is 14.5. The minimum atomic E-state index is -0.933. The van der Waals surface area contributed by atoms with Crippen LogP contribution in [-0.4, -0.2) is 41.0 Å². The van der Waals surface area contributed by atoms with E-state index in [-0.39, 0.29) is 5.91 Å². The van der Waals surface area contributed by atoms with Crippen LogP contribution in [0, 0.1) is 13.8 Å². The Morgan fingerprint density at radius 1 is 1.15 bits per heavy atom. The first-order valence-corrected chi connectivity index (χ1v) is 11.6. The van der Waals surface area contributed by atoms with Crippen molar-refractivity contribution < 1.29 is 14.3 Å². The van der Waals surface area contributed by atoms with E-state index in [2.05, 4.69) is 17.1 Å². The van der Waals surface area contributed by atoms with Crippen LogP contribution in [0.5, 0.6) is 0 Å². The third kappa shape index (κ3) is 4.91. The van der Waals surface area contributed by atoms with E-state index in [1.165, 1.54) is 0 Å². The zero-order chi connectivity index (χ0) is 23.5. The second-order valence-corrected chi connectivity index (χ2v) is 8.79. The van der Waals surface area contributed by atoms with Gasteiger partial charge in [-0.25, -0.2) is 4.79 Å². The summed E-state index contributed by atoms with van der Waals surface area (Å²) in [6.45, 7) is 10.3. The number of hydrogen-bond acceptors (Lipinski definition) is 5. The largest absolute Gasteiger partial charge is 0.449 e. The highest BCUT2D eigenvalue weighted by Gasteiger charge is 2.28. The summed E-state index contributed by atoms with van der Waals surface area (Å²) in [4.78, 5) is 33.3. The van der Waals surface area contributed by atoms with Crippen molar-refractivity contribution in [2.24, 2.45) is 0 Å². The Balaban J connectivity index is 1.60. The summed E-state index contributed by atoms with van der Waals surface area (Å²) in [5, 5.41) is 3.62. The Labute approximate surface area is 195 Å². The SMILES string of the molecule is CCCN1CCc2nc3ccccc3c(C(=O)OC(C)C(=O)Nc3ccc(C)c(C)c3)c2C1. The first kappa shape index (κ1) is 22.9. The summed E-state index contributed by atoms with van der Waals surface area (Å²) in [7, 11) is 0. The van der Waals surface area contributed by atoms with Crippen molar-refractivity contribution in [1.82, 2.24) is 9.88 Å². The van der Waals surface area contributed by atoms with E-state index in [0.717, 1.165) is 59.2 Å². The number of carbonyl (C=O) groups excluding carboxylic acids is 2. The average Bonchev–Trinajstić information content (AvgIpc) is 2.80. The van der Waals surface area contributed by atoms with Gasteiger partial charge in [-0.15, -0.1) is 0 Å². The maximum Gasteiger partial charge on any atom is 0.339 e. The van der Waals surface area contributed by atoms with E-state index in [9.17, 15) is 9.59 Å². The predicted molar refractivity (Wildman–Crippen MR) is 130 cm³/mol. The molecule has 6 heteroatoms. The van der Waals surface area contributed by atoms with Gasteiger partial charge in [0.15, 0.2) is 6.10 Å². The summed E-state index contributed by atoms with van der Waals surface area (Å²) in [5.41, 5.74) is 6.10. The van der Waals surface area contributed by atoms with Gasteiger partial charge in [0, 0.05) is 41.8 Å². The number of ether oxygens (including phenoxy) is 1. The van der Waals surface area contributed by atoms with Gasteiger partial charge in [0.05, 0.1) is 11.1 Å². The number of nitrogens with zero attached hydrogens (tertiary/aromatic N) is 2. The van der Waals surface area contributed by atoms with Crippen LogP contribution in [0.15, 0.2) is 42.5 Å². The van der Waals surface area contributed by atoms with Crippen LogP contribution < -0.4 is 5.32 Å². The minimum Gasteiger partial charge on any atom is -0.449 e. The van der Waals surface area contributed by atoms with Gasteiger partial charge in [0.1, 0.15) is 0 Å². The van der Waals surface area contributed by atoms with Gasteiger partial charge < -0.3 is 10.1 Å². The average molecular weight is 446 g/mol. The molecule has 2 aromatic carbocycles. The fourth-order valence-corrected chi connectivity index (χ4v) is 4.32. The van der Waals surface area contributed by atoms with Crippen LogP contribution in [0.4, 0.5) is 5.69 Å². The summed E-state index contributed by atoms with van der Waals surface area (Å²) < 4.78 is 5.70. The molecule has 0 saturated carbocycles. The first-order chi connectivity index (χ1) is 15.9. The van der Waals surface area contributed by atoms with Crippen molar-refractivity contribution in [2.75, 3.05) is 18.4 Å². The molecule has 3 aromatic rings. The summed E-state index contributed by atoms with van der Waals surface area (Å²) >= 11 is 0. The van der Waals surface area contributed by atoms with Crippen LogP contribution in [0.1, 0.15) is 53.0 Å². The van der Waals surface area contributed by atoms with Gasteiger partial charge in [0.2, 0.25) is 0 Å². The van der Waals surface area contributed by atoms with Gasteiger partial charge in [-0.2, -0.15) is 0 Å². The summed E-state index contributed by atoms with van der Waals surface area (Å²) in [6, 6.07) is 13.4. The monoisotopic (exact) mass is 445 g/mol. The molecule has 33 heavy (non-hydrogen) atoms. The van der Waals surface area contributed by atoms with Crippen LogP contribution in [-0.2, 0) is 22.5 Å². The second kappa shape index (κ2) is 9.71. The molecule has 1 amide bonds. The number of nitrogens with one attached hydrogen (secondary N) is 1. The zero-order valence-corrected chi connectivity index (χ0v) is 19.8. The van der Waals surface area contributed by atoms with Gasteiger partial charge in [-0.05, 0) is 63.1 Å². The number of esters is 1. The quantitative estimate of drug-likeness (QED) is 0.552. The molecule has 172 valence electrons. The molecule has 0 aliphatic carbocycles. The number of anilines is 1. The first-order valence-electron chi connectivity index (χ1n) is 11.6. The van der Waals surface area contributed by atoms with Crippen molar-refractivity contribution in [3.8, 4) is 0 Å². The zero-order valence-electron chi connectivity index (χ0n) is 19.8. The molecule has 2 heterocycles. The molecule has 1 unspecified atom stereocenters. The van der Waals surface area contributed by atoms with Gasteiger partial charge in [-0.1, -0.05) is 31.2 Å². The fourth-order valence-electron chi connectivity index (χ4n) is 4.32. The number of carbonyl (C=O) groups is 2. The lowest BCUT2D eigenvalue weighted by molar-refractivity contribution is -0.123. The van der Waals surface area contributed by atoms with Crippen LogP contribution in [0.3, 0.4) is 0 Å². The highest BCUT2D eigenvalue weighted by molar-refractivity contribution is 6.06. The van der Waals surface area contributed by atoms with Crippen LogP contribution >= 0.6 is 0 Å². The molecule has 1 aromatic heterocycles. The molecule has 0 saturated heterocycles. The Hall–Kier alpha value is -3.25. The Morgan fingerprint density at radius 3 is 2.70 bits per heavy atom. The number of para-hydroxylation sites is 1. The lowest BCUT2D eigenvalue weighted by Gasteiger charge is -2.29. The molecule has 1 aliphatic heterocycles. The molecule has 0 radical (unpaired) electrons. The van der Waals surface area contributed by atoms with E-state index in [4.69, 9.17) is 9.72 Å². The van der Waals surface area contributed by atoms with Crippen molar-refractivity contribution in [2.45, 2.75) is 53.2 Å². The number of hydrogen-bond donors (Lipinski definition) is 1. The number of aryl methyl sites for hydroxylation is 2. The van der Waals surface area contributed by atoms with E-state index >= 15 is 0 Å². The van der Waals surface area contributed by atoms with E-state index < -0.39 is 12.1 Å². The lowest BCUT2D eigenvalue weighted by Crippen LogP contribution is -2.34. The maximum atomic E-state index is 13.4. The molecule has 1 aliphatic rings. The fraction of sp³-hybridized carbons (Fsp3) is 0.370. The molecular weight excluding hydrogens is 414 g/mol. The number of pyridine rings is 1. The number of fused-ring (bicyclic) bond motifs is 2. The van der Waals surface area contributed by atoms with Gasteiger partial charge in [0.25, 0.3) is 5.91 Å². The van der Waals surface area contributed by atoms with Crippen molar-refractivity contribution in [1.29, 1.82) is 0 Å². The van der Waals surface area contributed by atoms with E-state index in [0.29, 0.717) is 17.8 Å². The van der Waals surface area contributed by atoms with Crippen molar-refractivity contribution in [3.05, 3.63) is 70.4 Å². The Morgan fingerprint density at radius 2 is 1.94 bits per heavy atom. The molecule has 0 spiro atoms. The highest BCUT2D eigenvalue weighted by atomic mass is 16.5. The second-order valence-electron chi connectivity index (χ2n) is 8.79. The third-order valence-electron chi connectivity index (χ3n) is 6.30. The summed E-state index contributed by atoms with van der Waals surface area (Å²) in [6.07, 6.45) is 0.909. The standard InChI is InChI=1S/C27H31N3O3/c1-5-13-30-14-12-24-22(16-30)25(21-8-6-7-9-23(21)29-24)27(32)33-19(4)26(31)28-20-11-10-17(2)18(3)15-20/h6-11,15,19H,5,12-14,16H2,1-4H3,(H,28,31). The Kier molecular flexibility index (Phi) is 6.75. The molecule has 1 atom stereocenters. The lowest BCUT2D eigenvalue weighted by atomic mass is 9.95. The van der Waals surface area contributed by atoms with Crippen LogP contribution in [0.2, 0.25) is 0 Å². The predicted octanol–water partition coefficient (Wildman–Crippen LogP) is 4.80. The van der Waals surface area contributed by atoms with Crippen molar-refractivity contribution >= 4 is 28.5 Å². The number of rotatable bonds is 6. The molecular formula is C27H31N3O3. The van der Waals surface area contributed by atoms with E-state index in [1.807, 2.05) is 56.3 Å².